The van der Waals surface area contributed by atoms with Crippen LogP contribution in [0.4, 0.5) is 10.1 Å². The number of nitro groups is 1. The fourth-order valence-electron chi connectivity index (χ4n) is 2.58. The Morgan fingerprint density at radius 2 is 2.05 bits per heavy atom. The lowest BCUT2D eigenvalue weighted by Crippen LogP contribution is -2.29. The number of rotatable bonds is 5. The van der Waals surface area contributed by atoms with E-state index in [0.29, 0.717) is 32.3 Å². The first-order valence-electron chi connectivity index (χ1n) is 7.28. The van der Waals surface area contributed by atoms with Gasteiger partial charge in [-0.1, -0.05) is 0 Å². The molecule has 0 heterocycles. The number of nitrogens with zero attached hydrogens (tertiary/aromatic N) is 1. The van der Waals surface area contributed by atoms with Crippen molar-refractivity contribution in [1.29, 1.82) is 0 Å². The van der Waals surface area contributed by atoms with Gasteiger partial charge in [0.2, 0.25) is 5.82 Å². The molecule has 120 valence electrons. The molecular formula is C15H18FNO5. The van der Waals surface area contributed by atoms with Crippen molar-refractivity contribution in [2.45, 2.75) is 38.7 Å². The molecular weight excluding hydrogens is 293 g/mol. The van der Waals surface area contributed by atoms with Crippen LogP contribution in [0.25, 0.3) is 0 Å². The number of halogens is 1. The number of hydrogen-bond acceptors (Lipinski definition) is 5. The molecule has 7 heteroatoms. The number of nitro benzene ring substituents is 1. The quantitative estimate of drug-likeness (QED) is 0.474. The van der Waals surface area contributed by atoms with E-state index in [-0.39, 0.29) is 23.7 Å². The third kappa shape index (κ3) is 3.93. The molecule has 1 aromatic carbocycles. The van der Waals surface area contributed by atoms with E-state index >= 15 is 0 Å². The third-order valence-corrected chi connectivity index (χ3v) is 3.71. The monoisotopic (exact) mass is 311 g/mol. The zero-order valence-corrected chi connectivity index (χ0v) is 12.3. The molecule has 1 aromatic rings. The van der Waals surface area contributed by atoms with Gasteiger partial charge in [-0.3, -0.25) is 14.9 Å². The number of benzene rings is 1. The maximum Gasteiger partial charge on any atom is 0.308 e. The van der Waals surface area contributed by atoms with Crippen LogP contribution >= 0.6 is 0 Å². The van der Waals surface area contributed by atoms with Crippen LogP contribution in [0.3, 0.4) is 0 Å². The van der Waals surface area contributed by atoms with E-state index in [2.05, 4.69) is 0 Å². The molecule has 0 aliphatic heterocycles. The minimum absolute atomic E-state index is 0.103. The van der Waals surface area contributed by atoms with Gasteiger partial charge in [0, 0.05) is 12.1 Å². The largest absolute Gasteiger partial charge is 0.490 e. The van der Waals surface area contributed by atoms with Crippen LogP contribution in [0, 0.1) is 21.8 Å². The van der Waals surface area contributed by atoms with Gasteiger partial charge < -0.3 is 9.47 Å². The van der Waals surface area contributed by atoms with Gasteiger partial charge >= 0.3 is 11.7 Å². The van der Waals surface area contributed by atoms with Crippen LogP contribution in [0.2, 0.25) is 0 Å². The Morgan fingerprint density at radius 1 is 1.36 bits per heavy atom. The van der Waals surface area contributed by atoms with Crippen molar-refractivity contribution in [2.75, 3.05) is 6.61 Å². The van der Waals surface area contributed by atoms with Crippen molar-refractivity contribution >= 4 is 11.7 Å². The first kappa shape index (κ1) is 16.2. The van der Waals surface area contributed by atoms with Crippen LogP contribution < -0.4 is 4.74 Å². The van der Waals surface area contributed by atoms with E-state index in [1.165, 1.54) is 6.07 Å². The summed E-state index contributed by atoms with van der Waals surface area (Å²) in [6.45, 7) is 2.15. The van der Waals surface area contributed by atoms with Crippen molar-refractivity contribution in [2.24, 2.45) is 5.92 Å². The third-order valence-electron chi connectivity index (χ3n) is 3.71. The van der Waals surface area contributed by atoms with Crippen molar-refractivity contribution < 1.29 is 23.6 Å². The predicted octanol–water partition coefficient (Wildman–Crippen LogP) is 3.23. The minimum Gasteiger partial charge on any atom is -0.490 e. The van der Waals surface area contributed by atoms with E-state index in [0.717, 1.165) is 12.1 Å². The number of hydrogen-bond donors (Lipinski definition) is 0. The van der Waals surface area contributed by atoms with E-state index in [9.17, 15) is 19.3 Å². The molecule has 0 bridgehead atoms. The van der Waals surface area contributed by atoms with Crippen LogP contribution in [-0.4, -0.2) is 23.6 Å². The molecule has 1 saturated carbocycles. The lowest BCUT2D eigenvalue weighted by atomic mass is 9.87. The van der Waals surface area contributed by atoms with Gasteiger partial charge in [-0.25, -0.2) is 0 Å². The normalized spacial score (nSPS) is 21.2. The number of esters is 1. The standard InChI is InChI=1S/C15H18FNO5/c1-2-21-15(18)10-3-5-11(6-4-10)22-12-7-8-14(17(19)20)13(16)9-12/h7-11H,2-6H2,1H3/t10-,11-. The van der Waals surface area contributed by atoms with E-state index in [1.807, 2.05) is 0 Å². The molecule has 0 amide bonds. The molecule has 0 spiro atoms. The Bertz CT molecular complexity index is 555. The smallest absolute Gasteiger partial charge is 0.308 e. The lowest BCUT2D eigenvalue weighted by molar-refractivity contribution is -0.387. The average Bonchev–Trinajstić information content (AvgIpc) is 2.48. The maximum absolute atomic E-state index is 13.5. The fourth-order valence-corrected chi connectivity index (χ4v) is 2.58. The van der Waals surface area contributed by atoms with Gasteiger partial charge in [0.25, 0.3) is 0 Å². The van der Waals surface area contributed by atoms with E-state index < -0.39 is 16.4 Å². The summed E-state index contributed by atoms with van der Waals surface area (Å²) in [5, 5.41) is 10.6. The molecule has 0 radical (unpaired) electrons. The molecule has 0 saturated heterocycles. The minimum atomic E-state index is -0.914. The molecule has 0 N–H and O–H groups in total. The zero-order valence-electron chi connectivity index (χ0n) is 12.3. The Balaban J connectivity index is 1.90. The van der Waals surface area contributed by atoms with Crippen molar-refractivity contribution in [3.8, 4) is 5.75 Å². The van der Waals surface area contributed by atoms with Crippen molar-refractivity contribution in [1.82, 2.24) is 0 Å². The van der Waals surface area contributed by atoms with Crippen LogP contribution in [-0.2, 0) is 9.53 Å². The molecule has 1 aliphatic rings. The van der Waals surface area contributed by atoms with Gasteiger partial charge in [0.05, 0.1) is 23.6 Å². The lowest BCUT2D eigenvalue weighted by Gasteiger charge is -2.27. The second kappa shape index (κ2) is 7.20. The highest BCUT2D eigenvalue weighted by atomic mass is 19.1. The number of carbonyl (C=O) groups is 1. The highest BCUT2D eigenvalue weighted by Crippen LogP contribution is 2.30. The first-order chi connectivity index (χ1) is 10.5. The van der Waals surface area contributed by atoms with Gasteiger partial charge in [0.15, 0.2) is 0 Å². The highest BCUT2D eigenvalue weighted by Gasteiger charge is 2.28. The number of carbonyl (C=O) groups excluding carboxylic acids is 1. The second-order valence-corrected chi connectivity index (χ2v) is 5.21. The summed E-state index contributed by atoms with van der Waals surface area (Å²) in [5.74, 6) is -0.930. The topological polar surface area (TPSA) is 78.7 Å². The van der Waals surface area contributed by atoms with Crippen LogP contribution in [0.1, 0.15) is 32.6 Å². The summed E-state index contributed by atoms with van der Waals surface area (Å²) in [6, 6.07) is 3.50. The summed E-state index contributed by atoms with van der Waals surface area (Å²) < 4.78 is 24.2. The van der Waals surface area contributed by atoms with Crippen molar-refractivity contribution in [3.05, 3.63) is 34.1 Å². The molecule has 0 unspecified atom stereocenters. The van der Waals surface area contributed by atoms with Crippen LogP contribution in [0.5, 0.6) is 5.75 Å². The maximum atomic E-state index is 13.5. The summed E-state index contributed by atoms with van der Waals surface area (Å²) in [5.41, 5.74) is -0.571. The fraction of sp³-hybridized carbons (Fsp3) is 0.533. The molecule has 0 aromatic heterocycles. The second-order valence-electron chi connectivity index (χ2n) is 5.21. The highest BCUT2D eigenvalue weighted by molar-refractivity contribution is 5.72. The average molecular weight is 311 g/mol. The van der Waals surface area contributed by atoms with Gasteiger partial charge in [0.1, 0.15) is 5.75 Å². The molecule has 1 aliphatic carbocycles. The molecule has 22 heavy (non-hydrogen) atoms. The SMILES string of the molecule is CCOC(=O)[C@H]1CC[C@H](Oc2ccc([N+](=O)[O-])c(F)c2)CC1. The molecule has 0 atom stereocenters. The zero-order chi connectivity index (χ0) is 16.1. The Hall–Kier alpha value is -2.18. The van der Waals surface area contributed by atoms with Crippen LogP contribution in [0.15, 0.2) is 18.2 Å². The van der Waals surface area contributed by atoms with Gasteiger partial charge in [-0.15, -0.1) is 0 Å². The number of ether oxygens (including phenoxy) is 2. The van der Waals surface area contributed by atoms with Gasteiger partial charge in [-0.2, -0.15) is 4.39 Å². The van der Waals surface area contributed by atoms with E-state index in [4.69, 9.17) is 9.47 Å². The Kier molecular flexibility index (Phi) is 5.30. The van der Waals surface area contributed by atoms with E-state index in [1.54, 1.807) is 6.92 Å². The first-order valence-corrected chi connectivity index (χ1v) is 7.28. The summed E-state index contributed by atoms with van der Waals surface area (Å²) >= 11 is 0. The Labute approximate surface area is 127 Å². The predicted molar refractivity (Wildman–Crippen MR) is 76.1 cm³/mol. The summed E-state index contributed by atoms with van der Waals surface area (Å²) in [6.07, 6.45) is 2.55. The summed E-state index contributed by atoms with van der Waals surface area (Å²) in [7, 11) is 0. The molecule has 2 rings (SSSR count). The Morgan fingerprint density at radius 3 is 2.59 bits per heavy atom. The molecule has 1 fully saturated rings. The summed E-state index contributed by atoms with van der Waals surface area (Å²) in [4.78, 5) is 21.4. The molecule has 6 nitrogen and oxygen atoms in total. The van der Waals surface area contributed by atoms with Gasteiger partial charge in [-0.05, 0) is 38.7 Å². The van der Waals surface area contributed by atoms with Crippen molar-refractivity contribution in [3.63, 3.8) is 0 Å².